The first-order chi connectivity index (χ1) is 19.3. The normalized spacial score (nSPS) is 13.5. The van der Waals surface area contributed by atoms with Crippen LogP contribution in [0.3, 0.4) is 0 Å². The number of nitrogens with zero attached hydrogens (tertiary/aromatic N) is 6. The van der Waals surface area contributed by atoms with E-state index in [1.54, 1.807) is 30.5 Å². The van der Waals surface area contributed by atoms with E-state index >= 15 is 0 Å². The van der Waals surface area contributed by atoms with Crippen molar-refractivity contribution in [2.24, 2.45) is 0 Å². The van der Waals surface area contributed by atoms with Gasteiger partial charge in [0.15, 0.2) is 5.82 Å². The molecule has 202 valence electrons. The minimum absolute atomic E-state index is 0.00632. The number of aromatic nitrogens is 6. The number of nitrogen functional groups attached to an aromatic ring is 1. The van der Waals surface area contributed by atoms with Gasteiger partial charge in [-0.15, -0.1) is 0 Å². The highest BCUT2D eigenvalue weighted by Crippen LogP contribution is 2.36. The fourth-order valence-electron chi connectivity index (χ4n) is 4.62. The lowest BCUT2D eigenvalue weighted by Crippen LogP contribution is -2.31. The number of carbonyl (C=O) groups excluding carboxylic acids is 1. The van der Waals surface area contributed by atoms with Gasteiger partial charge in [0.05, 0.1) is 30.3 Å². The zero-order valence-electron chi connectivity index (χ0n) is 22.3. The summed E-state index contributed by atoms with van der Waals surface area (Å²) in [6.45, 7) is 7.05. The summed E-state index contributed by atoms with van der Waals surface area (Å²) in [5, 5.41) is 8.08. The van der Waals surface area contributed by atoms with Crippen LogP contribution >= 0.6 is 0 Å². The largest absolute Gasteiger partial charge is 0.383 e. The predicted molar refractivity (Wildman–Crippen MR) is 152 cm³/mol. The molecule has 0 atom stereocenters. The van der Waals surface area contributed by atoms with Crippen molar-refractivity contribution in [3.05, 3.63) is 88.4 Å². The number of fused-ring (bicyclic) bond motifs is 1. The van der Waals surface area contributed by atoms with Gasteiger partial charge in [-0.1, -0.05) is 32.0 Å². The highest BCUT2D eigenvalue weighted by atomic mass is 16.5. The average Bonchev–Trinajstić information content (AvgIpc) is 3.29. The fraction of sp³-hybridized carbons (Fsp3) is 0.241. The summed E-state index contributed by atoms with van der Waals surface area (Å²) in [7, 11) is 0. The molecule has 0 radical (unpaired) electrons. The summed E-state index contributed by atoms with van der Waals surface area (Å²) in [6, 6.07) is 12.6. The summed E-state index contributed by atoms with van der Waals surface area (Å²) in [4.78, 5) is 39.6. The van der Waals surface area contributed by atoms with E-state index in [9.17, 15) is 9.59 Å². The number of carbonyl (C=O) groups is 1. The number of benzene rings is 1. The Morgan fingerprint density at radius 1 is 1.10 bits per heavy atom. The van der Waals surface area contributed by atoms with Gasteiger partial charge in [0.1, 0.15) is 23.4 Å². The maximum Gasteiger partial charge on any atom is 0.285 e. The SMILES string of the molecule is Cc1ccc(-n2nc(C(C)C)cc(C(=O)Nc3ccc(-c4cn(C5COC5)c5ncnc(N)c45)cc3)c2=O)nc1. The van der Waals surface area contributed by atoms with Crippen molar-refractivity contribution in [1.29, 1.82) is 0 Å². The summed E-state index contributed by atoms with van der Waals surface area (Å²) in [5.74, 6) is 0.220. The number of anilines is 2. The number of hydrogen-bond acceptors (Lipinski definition) is 8. The number of nitrogens with one attached hydrogen (secondary N) is 1. The van der Waals surface area contributed by atoms with Gasteiger partial charge in [-0.2, -0.15) is 9.78 Å². The van der Waals surface area contributed by atoms with Crippen LogP contribution in [0, 0.1) is 6.92 Å². The van der Waals surface area contributed by atoms with Crippen LogP contribution in [0.15, 0.2) is 66.0 Å². The van der Waals surface area contributed by atoms with E-state index in [0.717, 1.165) is 27.7 Å². The lowest BCUT2D eigenvalue weighted by Gasteiger charge is -2.27. The van der Waals surface area contributed by atoms with Crippen molar-refractivity contribution in [1.82, 2.24) is 29.3 Å². The van der Waals surface area contributed by atoms with E-state index in [1.165, 1.54) is 11.0 Å². The molecule has 40 heavy (non-hydrogen) atoms. The zero-order valence-corrected chi connectivity index (χ0v) is 22.3. The van der Waals surface area contributed by atoms with Crippen LogP contribution in [0.25, 0.3) is 28.0 Å². The molecule has 1 aromatic carbocycles. The van der Waals surface area contributed by atoms with Gasteiger partial charge in [0.25, 0.3) is 11.5 Å². The van der Waals surface area contributed by atoms with E-state index in [4.69, 9.17) is 10.5 Å². The molecule has 5 heterocycles. The second-order valence-electron chi connectivity index (χ2n) is 10.2. The van der Waals surface area contributed by atoms with E-state index in [-0.39, 0.29) is 17.5 Å². The maximum atomic E-state index is 13.3. The molecule has 1 amide bonds. The molecule has 1 aliphatic rings. The van der Waals surface area contributed by atoms with Crippen molar-refractivity contribution in [2.45, 2.75) is 32.7 Å². The molecule has 6 rings (SSSR count). The number of amides is 1. The van der Waals surface area contributed by atoms with Gasteiger partial charge in [0.2, 0.25) is 0 Å². The van der Waals surface area contributed by atoms with E-state index in [2.05, 4.69) is 29.9 Å². The first kappa shape index (κ1) is 25.4. The number of rotatable bonds is 6. The number of aryl methyl sites for hydroxylation is 1. The summed E-state index contributed by atoms with van der Waals surface area (Å²) >= 11 is 0. The molecule has 0 unspecified atom stereocenters. The van der Waals surface area contributed by atoms with Crippen molar-refractivity contribution in [3.63, 3.8) is 0 Å². The Morgan fingerprint density at radius 2 is 1.88 bits per heavy atom. The van der Waals surface area contributed by atoms with Crippen molar-refractivity contribution in [3.8, 4) is 16.9 Å². The molecule has 3 N–H and O–H groups in total. The monoisotopic (exact) mass is 536 g/mol. The molecule has 5 aromatic rings. The Morgan fingerprint density at radius 3 is 2.52 bits per heavy atom. The second-order valence-corrected chi connectivity index (χ2v) is 10.2. The van der Waals surface area contributed by atoms with Crippen LogP contribution in [-0.4, -0.2) is 48.4 Å². The standard InChI is InChI=1S/C29H28N8O3/c1-16(2)23-10-21(29(39)37(35-23)24-9-4-17(3)11-31-24)28(38)34-19-7-5-18(6-8-19)22-12-36(20-13-40-14-20)27-25(22)26(30)32-15-33-27/h4-12,15-16,20H,13-14H2,1-3H3,(H,34,38)(H2,30,32,33). The third kappa shape index (κ3) is 4.50. The van der Waals surface area contributed by atoms with Gasteiger partial charge in [-0.25, -0.2) is 15.0 Å². The molecule has 1 saturated heterocycles. The molecule has 11 nitrogen and oxygen atoms in total. The molecular weight excluding hydrogens is 508 g/mol. The predicted octanol–water partition coefficient (Wildman–Crippen LogP) is 3.88. The minimum Gasteiger partial charge on any atom is -0.383 e. The number of hydrogen-bond donors (Lipinski definition) is 2. The summed E-state index contributed by atoms with van der Waals surface area (Å²) in [6.07, 6.45) is 5.13. The Balaban J connectivity index is 1.31. The van der Waals surface area contributed by atoms with Gasteiger partial charge >= 0.3 is 0 Å². The Labute approximate surface area is 229 Å². The molecule has 1 fully saturated rings. The van der Waals surface area contributed by atoms with Gasteiger partial charge in [0, 0.05) is 23.6 Å². The molecule has 0 bridgehead atoms. The van der Waals surface area contributed by atoms with Crippen LogP contribution < -0.4 is 16.6 Å². The minimum atomic E-state index is -0.543. The Kier molecular flexibility index (Phi) is 6.35. The number of nitrogens with two attached hydrogens (primary N) is 1. The Bertz CT molecular complexity index is 1790. The fourth-order valence-corrected chi connectivity index (χ4v) is 4.62. The van der Waals surface area contributed by atoms with Crippen molar-refractivity contribution in [2.75, 3.05) is 24.3 Å². The first-order valence-corrected chi connectivity index (χ1v) is 13.0. The molecule has 0 spiro atoms. The molecular formula is C29H28N8O3. The lowest BCUT2D eigenvalue weighted by molar-refractivity contribution is -0.0215. The van der Waals surface area contributed by atoms with Gasteiger partial charge < -0.3 is 20.4 Å². The van der Waals surface area contributed by atoms with E-state index < -0.39 is 11.5 Å². The zero-order chi connectivity index (χ0) is 28.0. The van der Waals surface area contributed by atoms with Crippen LogP contribution in [0.2, 0.25) is 0 Å². The lowest BCUT2D eigenvalue weighted by atomic mass is 10.1. The van der Waals surface area contributed by atoms with Crippen molar-refractivity contribution >= 4 is 28.4 Å². The highest BCUT2D eigenvalue weighted by molar-refractivity contribution is 6.05. The second kappa shape index (κ2) is 10.0. The number of pyridine rings is 1. The average molecular weight is 537 g/mol. The van der Waals surface area contributed by atoms with Crippen molar-refractivity contribution < 1.29 is 9.53 Å². The quantitative estimate of drug-likeness (QED) is 0.333. The summed E-state index contributed by atoms with van der Waals surface area (Å²) < 4.78 is 8.63. The Hall–Kier alpha value is -4.90. The summed E-state index contributed by atoms with van der Waals surface area (Å²) in [5.41, 5.74) is 10.3. The molecule has 0 saturated carbocycles. The van der Waals surface area contributed by atoms with Gasteiger partial charge in [-0.3, -0.25) is 9.59 Å². The smallest absolute Gasteiger partial charge is 0.285 e. The molecule has 4 aromatic heterocycles. The molecule has 1 aliphatic heterocycles. The van der Waals surface area contributed by atoms with Crippen LogP contribution in [0.1, 0.15) is 47.4 Å². The number of ether oxygens (including phenoxy) is 1. The molecule has 0 aliphatic carbocycles. The van der Waals surface area contributed by atoms with Crippen LogP contribution in [0.5, 0.6) is 0 Å². The third-order valence-electron chi connectivity index (χ3n) is 6.99. The van der Waals surface area contributed by atoms with E-state index in [1.807, 2.05) is 45.2 Å². The molecule has 11 heteroatoms. The first-order valence-electron chi connectivity index (χ1n) is 13.0. The van der Waals surface area contributed by atoms with Gasteiger partial charge in [-0.05, 0) is 48.2 Å². The third-order valence-corrected chi connectivity index (χ3v) is 6.99. The van der Waals surface area contributed by atoms with Crippen LogP contribution in [0.4, 0.5) is 11.5 Å². The van der Waals surface area contributed by atoms with Crippen LogP contribution in [-0.2, 0) is 4.74 Å². The maximum absolute atomic E-state index is 13.3. The topological polar surface area (TPSA) is 143 Å². The van der Waals surface area contributed by atoms with E-state index in [0.29, 0.717) is 36.2 Å². The highest BCUT2D eigenvalue weighted by Gasteiger charge is 2.25.